The van der Waals surface area contributed by atoms with Crippen LogP contribution in [-0.2, 0) is 0 Å². The molecule has 1 heterocycles. The van der Waals surface area contributed by atoms with E-state index in [0.29, 0.717) is 23.3 Å². The van der Waals surface area contributed by atoms with Crippen molar-refractivity contribution in [2.24, 2.45) is 0 Å². The average Bonchev–Trinajstić information content (AvgIpc) is 2.65. The lowest BCUT2D eigenvalue weighted by molar-refractivity contribution is 0.355. The third-order valence-corrected chi connectivity index (χ3v) is 4.07. The zero-order chi connectivity index (χ0) is 18.5. The maximum atomic E-state index is 5.32. The highest BCUT2D eigenvalue weighted by Gasteiger charge is 2.08. The molecule has 3 aromatic rings. The van der Waals surface area contributed by atoms with E-state index in [-0.39, 0.29) is 0 Å². The minimum Gasteiger partial charge on any atom is -0.493 e. The largest absolute Gasteiger partial charge is 0.493 e. The van der Waals surface area contributed by atoms with Gasteiger partial charge in [0.25, 0.3) is 0 Å². The summed E-state index contributed by atoms with van der Waals surface area (Å²) in [5, 5.41) is 14.5. The van der Waals surface area contributed by atoms with Gasteiger partial charge in [-0.25, -0.2) is 0 Å². The number of hydrogen-bond donors (Lipinski definition) is 2. The normalized spacial score (nSPS) is 10.3. The fraction of sp³-hybridized carbons (Fsp3) is 0.211. The second-order valence-electron chi connectivity index (χ2n) is 5.73. The van der Waals surface area contributed by atoms with Crippen molar-refractivity contribution in [2.75, 3.05) is 24.9 Å². The minimum absolute atomic E-state index is 0.421. The van der Waals surface area contributed by atoms with Gasteiger partial charge in [-0.1, -0.05) is 12.1 Å². The first-order valence-corrected chi connectivity index (χ1v) is 8.12. The quantitative estimate of drug-likeness (QED) is 0.695. The van der Waals surface area contributed by atoms with Crippen LogP contribution in [0.3, 0.4) is 0 Å². The molecule has 0 unspecified atom stereocenters. The van der Waals surface area contributed by atoms with Crippen molar-refractivity contribution in [3.63, 3.8) is 0 Å². The van der Waals surface area contributed by atoms with Crippen LogP contribution < -0.4 is 20.1 Å². The predicted octanol–water partition coefficient (Wildman–Crippen LogP) is 3.99. The van der Waals surface area contributed by atoms with Crippen molar-refractivity contribution >= 4 is 23.1 Å². The Morgan fingerprint density at radius 1 is 0.923 bits per heavy atom. The van der Waals surface area contributed by atoms with E-state index in [1.165, 1.54) is 5.56 Å². The summed E-state index contributed by atoms with van der Waals surface area (Å²) in [6.45, 7) is 4.12. The first-order valence-electron chi connectivity index (χ1n) is 8.12. The Kier molecular flexibility index (Phi) is 5.17. The highest BCUT2D eigenvalue weighted by Crippen LogP contribution is 2.31. The molecule has 0 radical (unpaired) electrons. The number of nitrogens with one attached hydrogen (secondary N) is 2. The standard InChI is InChI=1S/C19H21N5O2/c1-12-6-5-7-15(13(12)2)22-19-23-18(11-20-24-19)21-14-8-9-16(25-3)17(10-14)26-4/h5-11H,1-4H3,(H2,21,22,23,24). The van der Waals surface area contributed by atoms with Crippen molar-refractivity contribution in [1.29, 1.82) is 0 Å². The summed E-state index contributed by atoms with van der Waals surface area (Å²) in [5.41, 5.74) is 4.10. The first kappa shape index (κ1) is 17.5. The molecule has 0 amide bonds. The molecular weight excluding hydrogens is 330 g/mol. The number of methoxy groups -OCH3 is 2. The lowest BCUT2D eigenvalue weighted by Gasteiger charge is -2.12. The highest BCUT2D eigenvalue weighted by molar-refractivity contribution is 5.63. The second kappa shape index (κ2) is 7.69. The summed E-state index contributed by atoms with van der Waals surface area (Å²) in [4.78, 5) is 4.46. The molecule has 0 aliphatic carbocycles. The summed E-state index contributed by atoms with van der Waals surface area (Å²) >= 11 is 0. The molecule has 2 aromatic carbocycles. The van der Waals surface area contributed by atoms with Crippen LogP contribution in [0.5, 0.6) is 11.5 Å². The van der Waals surface area contributed by atoms with Gasteiger partial charge >= 0.3 is 0 Å². The Morgan fingerprint density at radius 3 is 2.50 bits per heavy atom. The molecule has 0 aliphatic rings. The van der Waals surface area contributed by atoms with Gasteiger partial charge < -0.3 is 20.1 Å². The van der Waals surface area contributed by atoms with E-state index in [0.717, 1.165) is 16.9 Å². The van der Waals surface area contributed by atoms with Crippen molar-refractivity contribution in [2.45, 2.75) is 13.8 Å². The van der Waals surface area contributed by atoms with E-state index in [9.17, 15) is 0 Å². The van der Waals surface area contributed by atoms with Crippen LogP contribution in [0.2, 0.25) is 0 Å². The van der Waals surface area contributed by atoms with Crippen LogP contribution in [0.1, 0.15) is 11.1 Å². The number of anilines is 4. The van der Waals surface area contributed by atoms with Crippen molar-refractivity contribution in [3.05, 3.63) is 53.7 Å². The lowest BCUT2D eigenvalue weighted by Crippen LogP contribution is -2.03. The molecule has 0 atom stereocenters. The Morgan fingerprint density at radius 2 is 1.73 bits per heavy atom. The fourth-order valence-electron chi connectivity index (χ4n) is 2.49. The Labute approximate surface area is 152 Å². The van der Waals surface area contributed by atoms with Crippen molar-refractivity contribution < 1.29 is 9.47 Å². The molecule has 0 fully saturated rings. The van der Waals surface area contributed by atoms with Gasteiger partial charge in [-0.2, -0.15) is 10.1 Å². The minimum atomic E-state index is 0.421. The Hall–Kier alpha value is -3.35. The number of rotatable bonds is 6. The SMILES string of the molecule is COc1ccc(Nc2cnnc(Nc3cccc(C)c3C)n2)cc1OC. The van der Waals surface area contributed by atoms with Crippen LogP contribution >= 0.6 is 0 Å². The Balaban J connectivity index is 1.80. The van der Waals surface area contributed by atoms with E-state index in [4.69, 9.17) is 9.47 Å². The highest BCUT2D eigenvalue weighted by atomic mass is 16.5. The summed E-state index contributed by atoms with van der Waals surface area (Å²) in [6, 6.07) is 11.6. The van der Waals surface area contributed by atoms with Gasteiger partial charge in [0.2, 0.25) is 5.95 Å². The molecule has 0 saturated carbocycles. The number of aromatic nitrogens is 3. The number of aryl methyl sites for hydroxylation is 1. The van der Waals surface area contributed by atoms with E-state index in [2.05, 4.69) is 45.7 Å². The van der Waals surface area contributed by atoms with Gasteiger partial charge in [-0.3, -0.25) is 0 Å². The molecule has 134 valence electrons. The number of nitrogens with zero attached hydrogens (tertiary/aromatic N) is 3. The summed E-state index contributed by atoms with van der Waals surface area (Å²) < 4.78 is 10.6. The molecule has 0 aliphatic heterocycles. The molecule has 0 bridgehead atoms. The van der Waals surface area contributed by atoms with Gasteiger partial charge in [-0.05, 0) is 43.2 Å². The maximum Gasteiger partial charge on any atom is 0.249 e. The van der Waals surface area contributed by atoms with Crippen LogP contribution in [0, 0.1) is 13.8 Å². The zero-order valence-electron chi connectivity index (χ0n) is 15.2. The lowest BCUT2D eigenvalue weighted by atomic mass is 10.1. The van der Waals surface area contributed by atoms with Crippen LogP contribution in [0.4, 0.5) is 23.1 Å². The molecule has 7 heteroatoms. The molecule has 1 aromatic heterocycles. The monoisotopic (exact) mass is 351 g/mol. The van der Waals surface area contributed by atoms with E-state index >= 15 is 0 Å². The van der Waals surface area contributed by atoms with Gasteiger partial charge in [0.1, 0.15) is 0 Å². The number of benzene rings is 2. The van der Waals surface area contributed by atoms with Gasteiger partial charge in [0, 0.05) is 17.4 Å². The Bertz CT molecular complexity index is 914. The fourth-order valence-corrected chi connectivity index (χ4v) is 2.49. The summed E-state index contributed by atoms with van der Waals surface area (Å²) in [6.07, 6.45) is 1.56. The number of ether oxygens (including phenoxy) is 2. The average molecular weight is 351 g/mol. The van der Waals surface area contributed by atoms with Crippen LogP contribution in [-0.4, -0.2) is 29.4 Å². The first-order chi connectivity index (χ1) is 12.6. The number of hydrogen-bond acceptors (Lipinski definition) is 7. The smallest absolute Gasteiger partial charge is 0.249 e. The molecule has 0 saturated heterocycles. The topological polar surface area (TPSA) is 81.2 Å². The van der Waals surface area contributed by atoms with Gasteiger partial charge in [0.15, 0.2) is 17.3 Å². The van der Waals surface area contributed by atoms with Crippen LogP contribution in [0.25, 0.3) is 0 Å². The molecule has 0 spiro atoms. The molecule has 2 N–H and O–H groups in total. The van der Waals surface area contributed by atoms with Crippen LogP contribution in [0.15, 0.2) is 42.6 Å². The van der Waals surface area contributed by atoms with E-state index in [1.54, 1.807) is 20.4 Å². The second-order valence-corrected chi connectivity index (χ2v) is 5.73. The van der Waals surface area contributed by atoms with Gasteiger partial charge in [-0.15, -0.1) is 5.10 Å². The third kappa shape index (κ3) is 3.83. The molecule has 3 rings (SSSR count). The van der Waals surface area contributed by atoms with E-state index < -0.39 is 0 Å². The van der Waals surface area contributed by atoms with E-state index in [1.807, 2.05) is 30.3 Å². The van der Waals surface area contributed by atoms with Crippen molar-refractivity contribution in [1.82, 2.24) is 15.2 Å². The summed E-state index contributed by atoms with van der Waals surface area (Å²) in [5.74, 6) is 2.29. The van der Waals surface area contributed by atoms with Crippen molar-refractivity contribution in [3.8, 4) is 11.5 Å². The molecule has 7 nitrogen and oxygen atoms in total. The predicted molar refractivity (Wildman–Crippen MR) is 102 cm³/mol. The maximum absolute atomic E-state index is 5.32. The molecule has 26 heavy (non-hydrogen) atoms. The third-order valence-electron chi connectivity index (χ3n) is 4.07. The summed E-state index contributed by atoms with van der Waals surface area (Å²) in [7, 11) is 3.20. The van der Waals surface area contributed by atoms with Gasteiger partial charge in [0.05, 0.1) is 20.4 Å². The zero-order valence-corrected chi connectivity index (χ0v) is 15.2. The molecular formula is C19H21N5O2.